The number of aryl methyl sites for hydroxylation is 1. The van der Waals surface area contributed by atoms with Gasteiger partial charge in [0.05, 0.1) is 0 Å². The van der Waals surface area contributed by atoms with E-state index in [0.717, 1.165) is 6.54 Å². The lowest BCUT2D eigenvalue weighted by Crippen LogP contribution is -2.26. The third-order valence-corrected chi connectivity index (χ3v) is 3.49. The van der Waals surface area contributed by atoms with Gasteiger partial charge in [0.2, 0.25) is 0 Å². The summed E-state index contributed by atoms with van der Waals surface area (Å²) in [6.07, 6.45) is 3.63. The summed E-state index contributed by atoms with van der Waals surface area (Å²) < 4.78 is 0. The van der Waals surface area contributed by atoms with Gasteiger partial charge in [0, 0.05) is 6.04 Å². The van der Waals surface area contributed by atoms with Crippen molar-refractivity contribution in [2.75, 3.05) is 6.54 Å². The first kappa shape index (κ1) is 14.2. The topological polar surface area (TPSA) is 12.0 Å². The third-order valence-electron chi connectivity index (χ3n) is 3.49. The highest BCUT2D eigenvalue weighted by atomic mass is 14.9. The molecule has 1 N–H and O–H groups in total. The lowest BCUT2D eigenvalue weighted by Gasteiger charge is -2.24. The SMILES string of the molecule is CCCc1cccc(C(NCC)C(C)CC)c1. The summed E-state index contributed by atoms with van der Waals surface area (Å²) in [5.41, 5.74) is 2.92. The van der Waals surface area contributed by atoms with Gasteiger partial charge < -0.3 is 5.32 Å². The van der Waals surface area contributed by atoms with Crippen LogP contribution in [0.1, 0.15) is 57.7 Å². The molecule has 0 spiro atoms. The number of hydrogen-bond acceptors (Lipinski definition) is 1. The minimum atomic E-state index is 0.502. The predicted molar refractivity (Wildman–Crippen MR) is 76.3 cm³/mol. The van der Waals surface area contributed by atoms with E-state index >= 15 is 0 Å². The van der Waals surface area contributed by atoms with Crippen LogP contribution in [0.5, 0.6) is 0 Å². The Morgan fingerprint density at radius 3 is 2.53 bits per heavy atom. The molecule has 0 aliphatic carbocycles. The summed E-state index contributed by atoms with van der Waals surface area (Å²) in [5.74, 6) is 0.687. The minimum absolute atomic E-state index is 0.502. The van der Waals surface area contributed by atoms with Gasteiger partial charge in [-0.25, -0.2) is 0 Å². The van der Waals surface area contributed by atoms with Gasteiger partial charge >= 0.3 is 0 Å². The second-order valence-electron chi connectivity index (χ2n) is 4.92. The van der Waals surface area contributed by atoms with E-state index in [-0.39, 0.29) is 0 Å². The highest BCUT2D eigenvalue weighted by Crippen LogP contribution is 2.25. The predicted octanol–water partition coefficient (Wildman–Crippen LogP) is 4.34. The maximum Gasteiger partial charge on any atom is 0.0345 e. The van der Waals surface area contributed by atoms with Crippen LogP contribution in [0, 0.1) is 5.92 Å². The molecule has 1 nitrogen and oxygen atoms in total. The van der Waals surface area contributed by atoms with Crippen LogP contribution in [-0.4, -0.2) is 6.54 Å². The van der Waals surface area contributed by atoms with Crippen molar-refractivity contribution in [3.05, 3.63) is 35.4 Å². The van der Waals surface area contributed by atoms with Gasteiger partial charge in [0.1, 0.15) is 0 Å². The molecule has 0 aromatic heterocycles. The van der Waals surface area contributed by atoms with Crippen molar-refractivity contribution < 1.29 is 0 Å². The van der Waals surface area contributed by atoms with E-state index < -0.39 is 0 Å². The van der Waals surface area contributed by atoms with Gasteiger partial charge in [-0.1, -0.05) is 64.8 Å². The zero-order chi connectivity index (χ0) is 12.7. The maximum atomic E-state index is 3.62. The van der Waals surface area contributed by atoms with E-state index in [2.05, 4.69) is 57.3 Å². The smallest absolute Gasteiger partial charge is 0.0345 e. The maximum absolute atomic E-state index is 3.62. The van der Waals surface area contributed by atoms with Crippen LogP contribution in [0.2, 0.25) is 0 Å². The molecular formula is C16H27N. The van der Waals surface area contributed by atoms with Gasteiger partial charge in [0.15, 0.2) is 0 Å². The summed E-state index contributed by atoms with van der Waals surface area (Å²) in [5, 5.41) is 3.62. The molecule has 2 atom stereocenters. The van der Waals surface area contributed by atoms with Crippen LogP contribution in [-0.2, 0) is 6.42 Å². The molecule has 0 aliphatic rings. The second kappa shape index (κ2) is 7.50. The monoisotopic (exact) mass is 233 g/mol. The molecule has 1 aromatic rings. The zero-order valence-corrected chi connectivity index (χ0v) is 11.8. The normalized spacial score (nSPS) is 14.6. The van der Waals surface area contributed by atoms with Crippen molar-refractivity contribution in [2.45, 2.75) is 53.0 Å². The van der Waals surface area contributed by atoms with Gasteiger partial charge in [-0.2, -0.15) is 0 Å². The molecule has 0 radical (unpaired) electrons. The van der Waals surface area contributed by atoms with E-state index in [1.807, 2.05) is 0 Å². The Hall–Kier alpha value is -0.820. The number of hydrogen-bond donors (Lipinski definition) is 1. The molecule has 0 saturated heterocycles. The van der Waals surface area contributed by atoms with Crippen LogP contribution in [0.4, 0.5) is 0 Å². The second-order valence-corrected chi connectivity index (χ2v) is 4.92. The van der Waals surface area contributed by atoms with Crippen molar-refractivity contribution in [2.24, 2.45) is 5.92 Å². The van der Waals surface area contributed by atoms with Crippen LogP contribution in [0.3, 0.4) is 0 Å². The third kappa shape index (κ3) is 4.16. The lowest BCUT2D eigenvalue weighted by molar-refractivity contribution is 0.383. The van der Waals surface area contributed by atoms with Crippen LogP contribution < -0.4 is 5.32 Å². The minimum Gasteiger partial charge on any atom is -0.310 e. The highest BCUT2D eigenvalue weighted by molar-refractivity contribution is 5.26. The molecule has 0 amide bonds. The Morgan fingerprint density at radius 2 is 1.94 bits per heavy atom. The fourth-order valence-electron chi connectivity index (χ4n) is 2.33. The molecule has 2 unspecified atom stereocenters. The van der Waals surface area contributed by atoms with Gasteiger partial charge in [-0.15, -0.1) is 0 Å². The van der Waals surface area contributed by atoms with E-state index in [0.29, 0.717) is 12.0 Å². The first-order valence-corrected chi connectivity index (χ1v) is 7.05. The first-order chi connectivity index (χ1) is 8.22. The summed E-state index contributed by atoms with van der Waals surface area (Å²) in [7, 11) is 0. The molecule has 0 bridgehead atoms. The van der Waals surface area contributed by atoms with Gasteiger partial charge in [-0.05, 0) is 30.0 Å². The molecule has 0 aliphatic heterocycles. The van der Waals surface area contributed by atoms with E-state index in [1.54, 1.807) is 0 Å². The summed E-state index contributed by atoms with van der Waals surface area (Å²) >= 11 is 0. The highest BCUT2D eigenvalue weighted by Gasteiger charge is 2.16. The Bertz CT molecular complexity index is 319. The van der Waals surface area contributed by atoms with Gasteiger partial charge in [-0.3, -0.25) is 0 Å². The Labute approximate surface area is 107 Å². The molecule has 1 aromatic carbocycles. The summed E-state index contributed by atoms with van der Waals surface area (Å²) in [4.78, 5) is 0. The average Bonchev–Trinajstić information content (AvgIpc) is 2.36. The van der Waals surface area contributed by atoms with E-state index in [9.17, 15) is 0 Å². The average molecular weight is 233 g/mol. The molecule has 17 heavy (non-hydrogen) atoms. The zero-order valence-electron chi connectivity index (χ0n) is 11.8. The van der Waals surface area contributed by atoms with Crippen molar-refractivity contribution >= 4 is 0 Å². The quantitative estimate of drug-likeness (QED) is 0.739. The van der Waals surface area contributed by atoms with Crippen molar-refractivity contribution in [1.29, 1.82) is 0 Å². The Kier molecular flexibility index (Phi) is 6.28. The Balaban J connectivity index is 2.88. The summed E-state index contributed by atoms with van der Waals surface area (Å²) in [6.45, 7) is 10.1. The van der Waals surface area contributed by atoms with Crippen molar-refractivity contribution in [1.82, 2.24) is 5.32 Å². The number of benzene rings is 1. The number of rotatable bonds is 7. The van der Waals surface area contributed by atoms with Gasteiger partial charge in [0.25, 0.3) is 0 Å². The standard InChI is InChI=1S/C16H27N/c1-5-9-14-10-8-11-15(12-14)16(17-7-3)13(4)6-2/h8,10-13,16-17H,5-7,9H2,1-4H3. The summed E-state index contributed by atoms with van der Waals surface area (Å²) in [6, 6.07) is 9.59. The van der Waals surface area contributed by atoms with Crippen molar-refractivity contribution in [3.63, 3.8) is 0 Å². The molecular weight excluding hydrogens is 206 g/mol. The lowest BCUT2D eigenvalue weighted by atomic mass is 9.91. The molecule has 0 saturated carbocycles. The van der Waals surface area contributed by atoms with Crippen LogP contribution >= 0.6 is 0 Å². The molecule has 0 heterocycles. The molecule has 96 valence electrons. The first-order valence-electron chi connectivity index (χ1n) is 7.05. The van der Waals surface area contributed by atoms with E-state index in [1.165, 1.54) is 30.4 Å². The van der Waals surface area contributed by atoms with Crippen LogP contribution in [0.15, 0.2) is 24.3 Å². The largest absolute Gasteiger partial charge is 0.310 e. The number of nitrogens with one attached hydrogen (secondary N) is 1. The van der Waals surface area contributed by atoms with E-state index in [4.69, 9.17) is 0 Å². The fourth-order valence-corrected chi connectivity index (χ4v) is 2.33. The Morgan fingerprint density at radius 1 is 1.18 bits per heavy atom. The molecule has 1 rings (SSSR count). The fraction of sp³-hybridized carbons (Fsp3) is 0.625. The van der Waals surface area contributed by atoms with Crippen LogP contribution in [0.25, 0.3) is 0 Å². The molecule has 0 fully saturated rings. The van der Waals surface area contributed by atoms with Crippen molar-refractivity contribution in [3.8, 4) is 0 Å². The molecule has 1 heteroatoms.